The van der Waals surface area contributed by atoms with Crippen LogP contribution in [0, 0.1) is 12.8 Å². The van der Waals surface area contributed by atoms with E-state index in [2.05, 4.69) is 25.2 Å². The van der Waals surface area contributed by atoms with Gasteiger partial charge < -0.3 is 15.0 Å². The van der Waals surface area contributed by atoms with Crippen molar-refractivity contribution in [3.63, 3.8) is 0 Å². The molecule has 0 atom stereocenters. The average molecular weight is 395 g/mol. The minimum atomic E-state index is -0.0745. The number of amides is 2. The van der Waals surface area contributed by atoms with Crippen molar-refractivity contribution in [1.82, 2.24) is 4.90 Å². The summed E-state index contributed by atoms with van der Waals surface area (Å²) in [6.07, 6.45) is 1.35. The van der Waals surface area contributed by atoms with E-state index in [4.69, 9.17) is 4.74 Å². The number of nitrogens with zero attached hydrogens (tertiary/aromatic N) is 1. The van der Waals surface area contributed by atoms with E-state index < -0.39 is 0 Å². The Morgan fingerprint density at radius 1 is 1.07 bits per heavy atom. The fourth-order valence-electron chi connectivity index (χ4n) is 3.83. The number of benzene rings is 2. The Labute approximate surface area is 173 Å². The molecule has 5 nitrogen and oxygen atoms in total. The van der Waals surface area contributed by atoms with E-state index in [1.165, 1.54) is 0 Å². The summed E-state index contributed by atoms with van der Waals surface area (Å²) in [6.45, 7) is 7.47. The number of aryl methyl sites for hydroxylation is 1. The van der Waals surface area contributed by atoms with Gasteiger partial charge in [0.1, 0.15) is 5.75 Å². The molecule has 0 spiro atoms. The number of piperidine rings is 1. The molecule has 5 heteroatoms. The van der Waals surface area contributed by atoms with Gasteiger partial charge in [-0.15, -0.1) is 0 Å². The maximum absolute atomic E-state index is 12.9. The normalized spacial score (nSPS) is 14.7. The lowest BCUT2D eigenvalue weighted by Crippen LogP contribution is -2.41. The van der Waals surface area contributed by atoms with Gasteiger partial charge in [-0.05, 0) is 61.1 Å². The molecule has 2 aromatic carbocycles. The van der Waals surface area contributed by atoms with Crippen molar-refractivity contribution in [3.8, 4) is 5.75 Å². The van der Waals surface area contributed by atoms with Crippen molar-refractivity contribution >= 4 is 17.5 Å². The van der Waals surface area contributed by atoms with E-state index in [1.807, 2.05) is 24.0 Å². The van der Waals surface area contributed by atoms with Crippen LogP contribution in [0.5, 0.6) is 5.75 Å². The molecule has 1 saturated heterocycles. The Morgan fingerprint density at radius 3 is 2.31 bits per heavy atom. The fourth-order valence-corrected chi connectivity index (χ4v) is 3.83. The second-order valence-corrected chi connectivity index (χ2v) is 7.98. The minimum Gasteiger partial charge on any atom is -0.497 e. The third-order valence-corrected chi connectivity index (χ3v) is 5.67. The van der Waals surface area contributed by atoms with Gasteiger partial charge in [-0.25, -0.2) is 0 Å². The first-order valence-corrected chi connectivity index (χ1v) is 10.2. The van der Waals surface area contributed by atoms with Crippen LogP contribution in [0.15, 0.2) is 42.5 Å². The van der Waals surface area contributed by atoms with Crippen molar-refractivity contribution in [2.45, 2.75) is 39.5 Å². The standard InChI is InChI=1S/C24H30N2O3/c1-16(2)21-7-5-6-17(3)22(21)25-23(27)18-12-14-26(15-13-18)24(28)19-8-10-20(29-4)11-9-19/h5-11,16,18H,12-15H2,1-4H3,(H,25,27). The largest absolute Gasteiger partial charge is 0.497 e. The predicted octanol–water partition coefficient (Wildman–Crippen LogP) is 4.62. The van der Waals surface area contributed by atoms with Crippen molar-refractivity contribution < 1.29 is 14.3 Å². The van der Waals surface area contributed by atoms with Crippen molar-refractivity contribution in [2.24, 2.45) is 5.92 Å². The second kappa shape index (κ2) is 9.12. The third-order valence-electron chi connectivity index (χ3n) is 5.67. The number of anilines is 1. The van der Waals surface area contributed by atoms with Crippen LogP contribution in [-0.2, 0) is 4.79 Å². The molecule has 1 aliphatic heterocycles. The molecule has 29 heavy (non-hydrogen) atoms. The second-order valence-electron chi connectivity index (χ2n) is 7.98. The zero-order valence-corrected chi connectivity index (χ0v) is 17.7. The summed E-state index contributed by atoms with van der Waals surface area (Å²) in [5.74, 6) is 1.06. The Bertz CT molecular complexity index is 866. The molecule has 0 saturated carbocycles. The summed E-state index contributed by atoms with van der Waals surface area (Å²) in [5, 5.41) is 3.16. The number of methoxy groups -OCH3 is 1. The van der Waals surface area contributed by atoms with E-state index in [9.17, 15) is 9.59 Å². The van der Waals surface area contributed by atoms with E-state index in [0.717, 1.165) is 22.6 Å². The number of likely N-dealkylation sites (tertiary alicyclic amines) is 1. The summed E-state index contributed by atoms with van der Waals surface area (Å²) >= 11 is 0. The van der Waals surface area contributed by atoms with Gasteiger partial charge in [-0.2, -0.15) is 0 Å². The molecular formula is C24H30N2O3. The molecule has 2 aromatic rings. The molecule has 1 N–H and O–H groups in total. The Morgan fingerprint density at radius 2 is 1.72 bits per heavy atom. The fraction of sp³-hybridized carbons (Fsp3) is 0.417. The maximum atomic E-state index is 12.9. The molecule has 0 aromatic heterocycles. The van der Waals surface area contributed by atoms with Crippen LogP contribution in [-0.4, -0.2) is 36.9 Å². The summed E-state index contributed by atoms with van der Waals surface area (Å²) < 4.78 is 5.15. The first-order valence-electron chi connectivity index (χ1n) is 10.2. The molecule has 0 unspecified atom stereocenters. The monoisotopic (exact) mass is 394 g/mol. The lowest BCUT2D eigenvalue weighted by molar-refractivity contribution is -0.121. The van der Waals surface area contributed by atoms with Gasteiger partial charge in [-0.3, -0.25) is 9.59 Å². The SMILES string of the molecule is COc1ccc(C(=O)N2CCC(C(=O)Nc3c(C)cccc3C(C)C)CC2)cc1. The van der Waals surface area contributed by atoms with Gasteiger partial charge >= 0.3 is 0 Å². The van der Waals surface area contributed by atoms with Crippen LogP contribution in [0.25, 0.3) is 0 Å². The highest BCUT2D eigenvalue weighted by Gasteiger charge is 2.28. The van der Waals surface area contributed by atoms with Crippen LogP contribution >= 0.6 is 0 Å². The van der Waals surface area contributed by atoms with Gasteiger partial charge in [0.15, 0.2) is 0 Å². The van der Waals surface area contributed by atoms with Crippen LogP contribution in [0.3, 0.4) is 0 Å². The van der Waals surface area contributed by atoms with Crippen LogP contribution in [0.4, 0.5) is 5.69 Å². The van der Waals surface area contributed by atoms with Crippen molar-refractivity contribution in [1.29, 1.82) is 0 Å². The minimum absolute atomic E-state index is 0.00695. The summed E-state index contributed by atoms with van der Waals surface area (Å²) in [7, 11) is 1.60. The number of hydrogen-bond donors (Lipinski definition) is 1. The van der Waals surface area contributed by atoms with Crippen LogP contribution < -0.4 is 10.1 Å². The molecule has 0 aliphatic carbocycles. The quantitative estimate of drug-likeness (QED) is 0.805. The van der Waals surface area contributed by atoms with Crippen LogP contribution in [0.1, 0.15) is 54.1 Å². The zero-order valence-electron chi connectivity index (χ0n) is 17.7. The number of nitrogens with one attached hydrogen (secondary N) is 1. The van der Waals surface area contributed by atoms with Gasteiger partial charge in [0.2, 0.25) is 5.91 Å². The molecule has 2 amide bonds. The lowest BCUT2D eigenvalue weighted by Gasteiger charge is -2.31. The number of hydrogen-bond acceptors (Lipinski definition) is 3. The molecule has 0 radical (unpaired) electrons. The van der Waals surface area contributed by atoms with Gasteiger partial charge in [0, 0.05) is 30.3 Å². The van der Waals surface area contributed by atoms with E-state index in [0.29, 0.717) is 37.4 Å². The van der Waals surface area contributed by atoms with E-state index >= 15 is 0 Å². The predicted molar refractivity (Wildman–Crippen MR) is 116 cm³/mol. The number of carbonyl (C=O) groups excluding carboxylic acids is 2. The molecule has 1 aliphatic rings. The molecule has 154 valence electrons. The van der Waals surface area contributed by atoms with Crippen molar-refractivity contribution in [3.05, 3.63) is 59.2 Å². The molecular weight excluding hydrogens is 364 g/mol. The first kappa shape index (κ1) is 20.9. The molecule has 3 rings (SSSR count). The number of ether oxygens (including phenoxy) is 1. The van der Waals surface area contributed by atoms with Gasteiger partial charge in [-0.1, -0.05) is 32.0 Å². The third kappa shape index (κ3) is 4.78. The Kier molecular flexibility index (Phi) is 6.57. The Hall–Kier alpha value is -2.82. The first-order chi connectivity index (χ1) is 13.9. The zero-order chi connectivity index (χ0) is 21.0. The maximum Gasteiger partial charge on any atom is 0.253 e. The molecule has 0 bridgehead atoms. The number of carbonyl (C=O) groups is 2. The summed E-state index contributed by atoms with van der Waals surface area (Å²) in [6, 6.07) is 13.3. The van der Waals surface area contributed by atoms with E-state index in [-0.39, 0.29) is 17.7 Å². The summed E-state index contributed by atoms with van der Waals surface area (Å²) in [4.78, 5) is 27.4. The van der Waals surface area contributed by atoms with Gasteiger partial charge in [0.25, 0.3) is 5.91 Å². The van der Waals surface area contributed by atoms with Gasteiger partial charge in [0.05, 0.1) is 7.11 Å². The van der Waals surface area contributed by atoms with Crippen LogP contribution in [0.2, 0.25) is 0 Å². The topological polar surface area (TPSA) is 58.6 Å². The highest BCUT2D eigenvalue weighted by molar-refractivity contribution is 5.96. The van der Waals surface area contributed by atoms with E-state index in [1.54, 1.807) is 31.4 Å². The highest BCUT2D eigenvalue weighted by Crippen LogP contribution is 2.29. The van der Waals surface area contributed by atoms with Crippen molar-refractivity contribution in [2.75, 3.05) is 25.5 Å². The highest BCUT2D eigenvalue weighted by atomic mass is 16.5. The number of rotatable bonds is 5. The molecule has 1 heterocycles. The lowest BCUT2D eigenvalue weighted by atomic mass is 9.93. The number of para-hydroxylation sites is 1. The average Bonchev–Trinajstić information content (AvgIpc) is 2.74. The molecule has 1 fully saturated rings. The smallest absolute Gasteiger partial charge is 0.253 e. The summed E-state index contributed by atoms with van der Waals surface area (Å²) in [5.41, 5.74) is 3.82. The Balaban J connectivity index is 1.60.